The van der Waals surface area contributed by atoms with Crippen molar-refractivity contribution in [1.29, 1.82) is 0 Å². The van der Waals surface area contributed by atoms with Crippen molar-refractivity contribution in [3.8, 4) is 11.5 Å². The molecule has 272 valence electrons. The zero-order chi connectivity index (χ0) is 37.7. The maximum Gasteiger partial charge on any atom is 0.123 e. The summed E-state index contributed by atoms with van der Waals surface area (Å²) in [6, 6.07) is 29.9. The van der Waals surface area contributed by atoms with Crippen molar-refractivity contribution in [1.82, 2.24) is 10.6 Å². The maximum absolute atomic E-state index is 10.9. The van der Waals surface area contributed by atoms with Gasteiger partial charge >= 0.3 is 0 Å². The van der Waals surface area contributed by atoms with E-state index in [2.05, 4.69) is 180 Å². The van der Waals surface area contributed by atoms with Crippen LogP contribution in [0.5, 0.6) is 11.5 Å². The Labute approximate surface area is 304 Å². The van der Waals surface area contributed by atoms with Gasteiger partial charge in [-0.3, -0.25) is 0 Å². The molecule has 50 heavy (non-hydrogen) atoms. The zero-order valence-corrected chi connectivity index (χ0v) is 33.5. The standard InChI is InChI=1S/2C23H33NO/c2*1-16(17-11-9-8-10-12-17)24-15-18-13-19(22(2,3)4)14-20(21(18)25)23(5,6)7/h2*8-14,16,24-25H,15H2,1-7H3/t2*16-/m11/s1. The van der Waals surface area contributed by atoms with Gasteiger partial charge < -0.3 is 20.8 Å². The number of hydrogen-bond acceptors (Lipinski definition) is 4. The highest BCUT2D eigenvalue weighted by Gasteiger charge is 2.26. The van der Waals surface area contributed by atoms with Gasteiger partial charge in [0.25, 0.3) is 0 Å². The third-order valence-corrected chi connectivity index (χ3v) is 9.52. The first-order valence-corrected chi connectivity index (χ1v) is 18.3. The molecule has 0 saturated heterocycles. The molecule has 4 N–H and O–H groups in total. The highest BCUT2D eigenvalue weighted by atomic mass is 16.3. The fraction of sp³-hybridized carbons (Fsp3) is 0.478. The number of benzene rings is 4. The van der Waals surface area contributed by atoms with Gasteiger partial charge in [-0.05, 0) is 68.9 Å². The third kappa shape index (κ3) is 11.2. The summed E-state index contributed by atoms with van der Waals surface area (Å²) in [7, 11) is 0. The number of nitrogens with one attached hydrogen (secondary N) is 2. The summed E-state index contributed by atoms with van der Waals surface area (Å²) >= 11 is 0. The van der Waals surface area contributed by atoms with E-state index in [0.29, 0.717) is 24.6 Å². The molecule has 0 aliphatic heterocycles. The van der Waals surface area contributed by atoms with Gasteiger partial charge in [0, 0.05) is 36.3 Å². The molecule has 0 radical (unpaired) electrons. The summed E-state index contributed by atoms with van der Waals surface area (Å²) in [6.45, 7) is 31.8. The van der Waals surface area contributed by atoms with Crippen molar-refractivity contribution in [2.45, 2.75) is 144 Å². The van der Waals surface area contributed by atoms with Crippen molar-refractivity contribution in [3.63, 3.8) is 0 Å². The van der Waals surface area contributed by atoms with Gasteiger partial charge in [0.1, 0.15) is 11.5 Å². The fourth-order valence-electron chi connectivity index (χ4n) is 5.91. The second-order valence-corrected chi connectivity index (χ2v) is 18.1. The summed E-state index contributed by atoms with van der Waals surface area (Å²) in [5, 5.41) is 28.8. The molecule has 4 nitrogen and oxygen atoms in total. The average molecular weight is 679 g/mol. The monoisotopic (exact) mass is 679 g/mol. The highest BCUT2D eigenvalue weighted by Crippen LogP contribution is 2.39. The van der Waals surface area contributed by atoms with E-state index in [1.165, 1.54) is 22.3 Å². The van der Waals surface area contributed by atoms with Crippen molar-refractivity contribution < 1.29 is 10.2 Å². The SMILES string of the molecule is C[C@@H](NCc1cc(C(C)(C)C)cc(C(C)(C)C)c1O)c1ccccc1.C[C@@H](NCc1cc(C(C)(C)C)cc(C(C)(C)C)c1O)c1ccccc1. The molecule has 0 amide bonds. The fourth-order valence-corrected chi connectivity index (χ4v) is 5.91. The lowest BCUT2D eigenvalue weighted by Gasteiger charge is -2.28. The third-order valence-electron chi connectivity index (χ3n) is 9.52. The number of rotatable bonds is 8. The molecular weight excluding hydrogens is 613 g/mol. The lowest BCUT2D eigenvalue weighted by molar-refractivity contribution is 0.431. The molecule has 0 fully saturated rings. The minimum Gasteiger partial charge on any atom is -0.507 e. The smallest absolute Gasteiger partial charge is 0.123 e. The largest absolute Gasteiger partial charge is 0.507 e. The lowest BCUT2D eigenvalue weighted by atomic mass is 9.79. The van der Waals surface area contributed by atoms with Crippen LogP contribution in [0.2, 0.25) is 0 Å². The van der Waals surface area contributed by atoms with Crippen LogP contribution >= 0.6 is 0 Å². The van der Waals surface area contributed by atoms with Crippen LogP contribution in [0.15, 0.2) is 84.9 Å². The van der Waals surface area contributed by atoms with Gasteiger partial charge in [-0.1, -0.05) is 168 Å². The van der Waals surface area contributed by atoms with E-state index in [1.807, 2.05) is 12.1 Å². The maximum atomic E-state index is 10.9. The predicted octanol–water partition coefficient (Wildman–Crippen LogP) is 11.7. The van der Waals surface area contributed by atoms with E-state index in [9.17, 15) is 10.2 Å². The Kier molecular flexibility index (Phi) is 13.2. The molecule has 0 spiro atoms. The van der Waals surface area contributed by atoms with E-state index >= 15 is 0 Å². The molecule has 4 aromatic carbocycles. The Morgan fingerprint density at radius 3 is 1.02 bits per heavy atom. The molecular formula is C46H66N2O2. The zero-order valence-electron chi connectivity index (χ0n) is 33.5. The lowest BCUT2D eigenvalue weighted by Crippen LogP contribution is -2.21. The quantitative estimate of drug-likeness (QED) is 0.150. The molecule has 4 aromatic rings. The number of phenols is 2. The molecule has 0 bridgehead atoms. The van der Waals surface area contributed by atoms with Crippen LogP contribution in [0.25, 0.3) is 0 Å². The number of hydrogen-bond donors (Lipinski definition) is 4. The van der Waals surface area contributed by atoms with Gasteiger partial charge in [-0.15, -0.1) is 0 Å². The summed E-state index contributed by atoms with van der Waals surface area (Å²) in [4.78, 5) is 0. The van der Waals surface area contributed by atoms with Crippen LogP contribution in [0.3, 0.4) is 0 Å². The van der Waals surface area contributed by atoms with E-state index < -0.39 is 0 Å². The minimum atomic E-state index is -0.0921. The normalized spacial score (nSPS) is 13.7. The Balaban J connectivity index is 0.000000270. The van der Waals surface area contributed by atoms with E-state index in [0.717, 1.165) is 22.3 Å². The Morgan fingerprint density at radius 2 is 0.760 bits per heavy atom. The van der Waals surface area contributed by atoms with E-state index in [-0.39, 0.29) is 33.7 Å². The van der Waals surface area contributed by atoms with E-state index in [4.69, 9.17) is 0 Å². The summed E-state index contributed by atoms with van der Waals surface area (Å²) in [6.07, 6.45) is 0. The number of aromatic hydroxyl groups is 2. The van der Waals surface area contributed by atoms with Crippen molar-refractivity contribution in [3.05, 3.63) is 129 Å². The Hall–Kier alpha value is -3.60. The second-order valence-electron chi connectivity index (χ2n) is 18.1. The van der Waals surface area contributed by atoms with Crippen LogP contribution in [-0.2, 0) is 34.7 Å². The summed E-state index contributed by atoms with van der Waals surface area (Å²) in [5.74, 6) is 0.849. The van der Waals surface area contributed by atoms with Gasteiger partial charge in [-0.2, -0.15) is 0 Å². The van der Waals surface area contributed by atoms with Crippen LogP contribution in [0.4, 0.5) is 0 Å². The number of phenolic OH excluding ortho intramolecular Hbond substituents is 2. The molecule has 2 atom stereocenters. The predicted molar refractivity (Wildman–Crippen MR) is 214 cm³/mol. The highest BCUT2D eigenvalue weighted by molar-refractivity contribution is 5.50. The van der Waals surface area contributed by atoms with Gasteiger partial charge in [0.05, 0.1) is 0 Å². The Bertz CT molecular complexity index is 1540. The minimum absolute atomic E-state index is 0.0491. The molecule has 4 heteroatoms. The molecule has 0 aromatic heterocycles. The molecule has 0 saturated carbocycles. The van der Waals surface area contributed by atoms with Crippen LogP contribution in [0, 0.1) is 0 Å². The summed E-state index contributed by atoms with van der Waals surface area (Å²) in [5.41, 5.74) is 8.93. The topological polar surface area (TPSA) is 64.5 Å². The first-order valence-electron chi connectivity index (χ1n) is 18.3. The van der Waals surface area contributed by atoms with Gasteiger partial charge in [-0.25, -0.2) is 0 Å². The van der Waals surface area contributed by atoms with E-state index in [1.54, 1.807) is 0 Å². The summed E-state index contributed by atoms with van der Waals surface area (Å²) < 4.78 is 0. The van der Waals surface area contributed by atoms with Gasteiger partial charge in [0.2, 0.25) is 0 Å². The van der Waals surface area contributed by atoms with Crippen LogP contribution in [-0.4, -0.2) is 10.2 Å². The van der Waals surface area contributed by atoms with Gasteiger partial charge in [0.15, 0.2) is 0 Å². The van der Waals surface area contributed by atoms with Crippen LogP contribution in [0.1, 0.15) is 154 Å². The van der Waals surface area contributed by atoms with Crippen LogP contribution < -0.4 is 10.6 Å². The first kappa shape index (κ1) is 40.8. The average Bonchev–Trinajstić information content (AvgIpc) is 3.02. The Morgan fingerprint density at radius 1 is 0.460 bits per heavy atom. The molecule has 4 rings (SSSR count). The first-order chi connectivity index (χ1) is 23.0. The van der Waals surface area contributed by atoms with Crippen molar-refractivity contribution >= 4 is 0 Å². The van der Waals surface area contributed by atoms with Crippen molar-refractivity contribution in [2.75, 3.05) is 0 Å². The molecule has 0 aliphatic carbocycles. The molecule has 0 unspecified atom stereocenters. The molecule has 0 heterocycles. The molecule has 0 aliphatic rings. The second kappa shape index (κ2) is 16.2. The van der Waals surface area contributed by atoms with Crippen molar-refractivity contribution in [2.24, 2.45) is 0 Å².